The van der Waals surface area contributed by atoms with E-state index in [1.165, 1.54) is 0 Å². The lowest BCUT2D eigenvalue weighted by Gasteiger charge is -2.17. The minimum Gasteiger partial charge on any atom is -0.496 e. The molecular weight excluding hydrogens is 418 g/mol. The Labute approximate surface area is 190 Å². The number of ether oxygens (including phenoxy) is 1. The molecule has 0 saturated heterocycles. The SMILES string of the molecule is COc1cc2c(cc1-c1c(C)noc1C)[nH]c1nc(C)nc(-c3ccnc(C(C)(C)O)c3)c12. The first kappa shape index (κ1) is 21.1. The van der Waals surface area contributed by atoms with Crippen molar-refractivity contribution in [2.24, 2.45) is 0 Å². The summed E-state index contributed by atoms with van der Waals surface area (Å²) in [6, 6.07) is 7.80. The van der Waals surface area contributed by atoms with E-state index in [9.17, 15) is 5.11 Å². The predicted molar refractivity (Wildman–Crippen MR) is 126 cm³/mol. The average molecular weight is 444 g/mol. The van der Waals surface area contributed by atoms with E-state index in [4.69, 9.17) is 14.2 Å². The predicted octanol–water partition coefficient (Wildman–Crippen LogP) is 4.99. The zero-order valence-electron chi connectivity index (χ0n) is 19.4. The van der Waals surface area contributed by atoms with Crippen molar-refractivity contribution in [3.8, 4) is 28.1 Å². The van der Waals surface area contributed by atoms with Gasteiger partial charge in [-0.25, -0.2) is 9.97 Å². The van der Waals surface area contributed by atoms with Crippen LogP contribution in [0.1, 0.15) is 36.8 Å². The standard InChI is InChI=1S/C25H25N5O3/c1-12-21(13(2)33-30-12)17-10-18-16(11-19(17)32-6)22-23(27-14(3)28-24(22)29-18)15-7-8-26-20(9-15)25(4,5)31/h7-11,31H,1-6H3,(H,27,28,29). The third-order valence-electron chi connectivity index (χ3n) is 5.85. The van der Waals surface area contributed by atoms with Crippen LogP contribution in [0.4, 0.5) is 0 Å². The zero-order chi connectivity index (χ0) is 23.5. The third-order valence-corrected chi connectivity index (χ3v) is 5.85. The number of aromatic nitrogens is 5. The minimum absolute atomic E-state index is 0.572. The van der Waals surface area contributed by atoms with Crippen molar-refractivity contribution in [2.75, 3.05) is 7.11 Å². The largest absolute Gasteiger partial charge is 0.496 e. The van der Waals surface area contributed by atoms with Gasteiger partial charge in [-0.1, -0.05) is 5.16 Å². The van der Waals surface area contributed by atoms with Crippen LogP contribution in [0.2, 0.25) is 0 Å². The normalized spacial score (nSPS) is 12.1. The highest BCUT2D eigenvalue weighted by molar-refractivity contribution is 6.13. The van der Waals surface area contributed by atoms with Gasteiger partial charge < -0.3 is 19.4 Å². The molecule has 4 heterocycles. The second-order valence-corrected chi connectivity index (χ2v) is 8.75. The summed E-state index contributed by atoms with van der Waals surface area (Å²) in [6.45, 7) is 9.10. The maximum absolute atomic E-state index is 10.5. The number of fused-ring (bicyclic) bond motifs is 3. The van der Waals surface area contributed by atoms with Crippen LogP contribution in [-0.4, -0.2) is 37.3 Å². The zero-order valence-corrected chi connectivity index (χ0v) is 19.4. The highest BCUT2D eigenvalue weighted by atomic mass is 16.5. The lowest BCUT2D eigenvalue weighted by molar-refractivity contribution is 0.0739. The first-order valence-electron chi connectivity index (χ1n) is 10.7. The number of rotatable bonds is 4. The molecule has 8 heteroatoms. The van der Waals surface area contributed by atoms with Crippen LogP contribution in [-0.2, 0) is 5.60 Å². The topological polar surface area (TPSA) is 110 Å². The first-order chi connectivity index (χ1) is 15.7. The molecule has 0 atom stereocenters. The third kappa shape index (κ3) is 3.43. The van der Waals surface area contributed by atoms with Crippen molar-refractivity contribution < 1.29 is 14.4 Å². The van der Waals surface area contributed by atoms with Gasteiger partial charge in [0.05, 0.1) is 35.1 Å². The van der Waals surface area contributed by atoms with Gasteiger partial charge in [-0.15, -0.1) is 0 Å². The summed E-state index contributed by atoms with van der Waals surface area (Å²) in [4.78, 5) is 17.2. The van der Waals surface area contributed by atoms with Crippen molar-refractivity contribution in [1.29, 1.82) is 0 Å². The Balaban J connectivity index is 1.82. The van der Waals surface area contributed by atoms with E-state index in [1.807, 2.05) is 45.0 Å². The molecule has 4 aromatic heterocycles. The molecule has 0 aliphatic rings. The van der Waals surface area contributed by atoms with E-state index < -0.39 is 5.60 Å². The molecule has 0 amide bonds. The Morgan fingerprint density at radius 3 is 2.55 bits per heavy atom. The lowest BCUT2D eigenvalue weighted by atomic mass is 9.98. The lowest BCUT2D eigenvalue weighted by Crippen LogP contribution is -2.17. The summed E-state index contributed by atoms with van der Waals surface area (Å²) in [7, 11) is 1.65. The Morgan fingerprint density at radius 2 is 1.88 bits per heavy atom. The molecule has 8 nitrogen and oxygen atoms in total. The van der Waals surface area contributed by atoms with Gasteiger partial charge in [0, 0.05) is 28.2 Å². The number of nitrogens with zero attached hydrogens (tertiary/aromatic N) is 4. The van der Waals surface area contributed by atoms with Crippen LogP contribution in [0, 0.1) is 20.8 Å². The number of aliphatic hydroxyl groups is 1. The van der Waals surface area contributed by atoms with Gasteiger partial charge in [0.25, 0.3) is 0 Å². The minimum atomic E-state index is -1.07. The van der Waals surface area contributed by atoms with Gasteiger partial charge in [0.1, 0.15) is 28.6 Å². The first-order valence-corrected chi connectivity index (χ1v) is 10.7. The molecule has 0 spiro atoms. The smallest absolute Gasteiger partial charge is 0.142 e. The van der Waals surface area contributed by atoms with Crippen molar-refractivity contribution >= 4 is 21.9 Å². The maximum Gasteiger partial charge on any atom is 0.142 e. The van der Waals surface area contributed by atoms with Gasteiger partial charge in [0.15, 0.2) is 0 Å². The van der Waals surface area contributed by atoms with Crippen LogP contribution in [0.5, 0.6) is 5.75 Å². The molecule has 0 unspecified atom stereocenters. The number of methoxy groups -OCH3 is 1. The number of aryl methyl sites for hydroxylation is 3. The Hall–Kier alpha value is -3.78. The monoisotopic (exact) mass is 443 g/mol. The molecule has 0 radical (unpaired) electrons. The summed E-state index contributed by atoms with van der Waals surface area (Å²) in [5, 5.41) is 16.4. The van der Waals surface area contributed by atoms with Crippen molar-refractivity contribution in [1.82, 2.24) is 25.1 Å². The fourth-order valence-electron chi connectivity index (χ4n) is 4.29. The summed E-state index contributed by atoms with van der Waals surface area (Å²) >= 11 is 0. The number of pyridine rings is 1. The quantitative estimate of drug-likeness (QED) is 0.403. The molecule has 1 aromatic carbocycles. The summed E-state index contributed by atoms with van der Waals surface area (Å²) in [5.41, 5.74) is 5.37. The molecule has 0 aliphatic carbocycles. The second kappa shape index (κ2) is 7.38. The fraction of sp³-hybridized carbons (Fsp3) is 0.280. The number of aromatic amines is 1. The summed E-state index contributed by atoms with van der Waals surface area (Å²) < 4.78 is 11.2. The van der Waals surface area contributed by atoms with E-state index in [0.29, 0.717) is 17.3 Å². The molecule has 5 rings (SSSR count). The molecule has 0 aliphatic heterocycles. The van der Waals surface area contributed by atoms with Crippen molar-refractivity contribution in [2.45, 2.75) is 40.2 Å². The van der Waals surface area contributed by atoms with Gasteiger partial charge >= 0.3 is 0 Å². The number of hydrogen-bond donors (Lipinski definition) is 2. The Morgan fingerprint density at radius 1 is 1.09 bits per heavy atom. The Kier molecular flexibility index (Phi) is 4.72. The molecular formula is C25H25N5O3. The molecule has 168 valence electrons. The van der Waals surface area contributed by atoms with Crippen LogP contribution >= 0.6 is 0 Å². The van der Waals surface area contributed by atoms with Crippen LogP contribution in [0.15, 0.2) is 35.0 Å². The van der Waals surface area contributed by atoms with E-state index in [-0.39, 0.29) is 0 Å². The van der Waals surface area contributed by atoms with Gasteiger partial charge in [-0.05, 0) is 58.9 Å². The van der Waals surface area contributed by atoms with Crippen molar-refractivity contribution in [3.05, 3.63) is 53.4 Å². The van der Waals surface area contributed by atoms with E-state index in [2.05, 4.69) is 20.1 Å². The van der Waals surface area contributed by atoms with Crippen LogP contribution < -0.4 is 4.74 Å². The molecule has 5 aromatic rings. The number of H-pyrrole nitrogens is 1. The highest BCUT2D eigenvalue weighted by Crippen LogP contribution is 2.41. The molecule has 33 heavy (non-hydrogen) atoms. The number of benzene rings is 1. The van der Waals surface area contributed by atoms with Gasteiger partial charge in [-0.3, -0.25) is 4.98 Å². The van der Waals surface area contributed by atoms with Gasteiger partial charge in [0.2, 0.25) is 0 Å². The molecule has 0 fully saturated rings. The summed E-state index contributed by atoms with van der Waals surface area (Å²) in [6.07, 6.45) is 1.69. The number of nitrogens with one attached hydrogen (secondary N) is 1. The average Bonchev–Trinajstić information content (AvgIpc) is 3.29. The van der Waals surface area contributed by atoms with Crippen molar-refractivity contribution in [3.63, 3.8) is 0 Å². The second-order valence-electron chi connectivity index (χ2n) is 8.75. The molecule has 2 N–H and O–H groups in total. The maximum atomic E-state index is 10.5. The molecule has 0 saturated carbocycles. The Bertz CT molecular complexity index is 1510. The highest BCUT2D eigenvalue weighted by Gasteiger charge is 2.22. The molecule has 0 bridgehead atoms. The number of hydrogen-bond acceptors (Lipinski definition) is 7. The van der Waals surface area contributed by atoms with E-state index in [0.717, 1.165) is 55.8 Å². The summed E-state index contributed by atoms with van der Waals surface area (Å²) in [5.74, 6) is 2.08. The fourth-order valence-corrected chi connectivity index (χ4v) is 4.29. The van der Waals surface area contributed by atoms with Crippen LogP contribution in [0.3, 0.4) is 0 Å². The van der Waals surface area contributed by atoms with E-state index in [1.54, 1.807) is 27.2 Å². The van der Waals surface area contributed by atoms with Gasteiger partial charge in [-0.2, -0.15) is 0 Å². The van der Waals surface area contributed by atoms with E-state index >= 15 is 0 Å². The van der Waals surface area contributed by atoms with Crippen LogP contribution in [0.25, 0.3) is 44.3 Å².